The molecule has 4 nitrogen and oxygen atoms in total. The Kier molecular flexibility index (Phi) is 6.12. The first kappa shape index (κ1) is 17.3. The van der Waals surface area contributed by atoms with E-state index in [0.29, 0.717) is 6.61 Å². The number of thioether (sulfide) groups is 1. The molecule has 1 N–H and O–H groups in total. The first-order chi connectivity index (χ1) is 11.7. The van der Waals surface area contributed by atoms with Gasteiger partial charge in [0.2, 0.25) is 5.13 Å². The predicted molar refractivity (Wildman–Crippen MR) is 105 cm³/mol. The SMILES string of the molecule is Cc1cccc(Nc2nnc(SCCOc3cccc(Br)c3)s2)c1. The van der Waals surface area contributed by atoms with Gasteiger partial charge in [-0.15, -0.1) is 10.2 Å². The van der Waals surface area contributed by atoms with Gasteiger partial charge in [0.05, 0.1) is 6.61 Å². The molecule has 124 valence electrons. The summed E-state index contributed by atoms with van der Waals surface area (Å²) in [7, 11) is 0. The van der Waals surface area contributed by atoms with Gasteiger partial charge in [-0.2, -0.15) is 0 Å². The summed E-state index contributed by atoms with van der Waals surface area (Å²) in [6.45, 7) is 2.69. The van der Waals surface area contributed by atoms with Gasteiger partial charge in [-0.05, 0) is 42.8 Å². The van der Waals surface area contributed by atoms with E-state index < -0.39 is 0 Å². The summed E-state index contributed by atoms with van der Waals surface area (Å²) >= 11 is 6.63. The molecule has 0 bridgehead atoms. The minimum absolute atomic E-state index is 0.626. The van der Waals surface area contributed by atoms with Crippen LogP contribution >= 0.6 is 39.0 Å². The highest BCUT2D eigenvalue weighted by molar-refractivity contribution is 9.10. The highest BCUT2D eigenvalue weighted by Gasteiger charge is 2.05. The number of ether oxygens (including phenoxy) is 1. The van der Waals surface area contributed by atoms with Gasteiger partial charge in [0.25, 0.3) is 0 Å². The fraction of sp³-hybridized carbons (Fsp3) is 0.176. The molecule has 0 saturated heterocycles. The minimum Gasteiger partial charge on any atom is -0.493 e. The Morgan fingerprint density at radius 2 is 2.04 bits per heavy atom. The van der Waals surface area contributed by atoms with E-state index in [1.54, 1.807) is 23.1 Å². The summed E-state index contributed by atoms with van der Waals surface area (Å²) in [6, 6.07) is 16.0. The third kappa shape index (κ3) is 5.22. The average molecular weight is 422 g/mol. The van der Waals surface area contributed by atoms with E-state index in [0.717, 1.165) is 31.1 Å². The number of benzene rings is 2. The maximum atomic E-state index is 5.71. The number of aryl methyl sites for hydroxylation is 1. The second-order valence-electron chi connectivity index (χ2n) is 5.02. The molecule has 0 radical (unpaired) electrons. The van der Waals surface area contributed by atoms with Crippen molar-refractivity contribution < 1.29 is 4.74 Å². The zero-order valence-electron chi connectivity index (χ0n) is 13.0. The molecule has 0 atom stereocenters. The lowest BCUT2D eigenvalue weighted by molar-refractivity contribution is 0.344. The van der Waals surface area contributed by atoms with Crippen molar-refractivity contribution in [2.75, 3.05) is 17.7 Å². The zero-order chi connectivity index (χ0) is 16.8. The van der Waals surface area contributed by atoms with Crippen molar-refractivity contribution in [3.05, 3.63) is 58.6 Å². The molecular weight excluding hydrogens is 406 g/mol. The minimum atomic E-state index is 0.626. The summed E-state index contributed by atoms with van der Waals surface area (Å²) in [5, 5.41) is 12.5. The van der Waals surface area contributed by atoms with Crippen LogP contribution in [0.5, 0.6) is 5.75 Å². The van der Waals surface area contributed by atoms with Gasteiger partial charge in [-0.25, -0.2) is 0 Å². The fourth-order valence-corrected chi connectivity index (χ4v) is 4.05. The normalized spacial score (nSPS) is 10.6. The molecule has 1 aromatic heterocycles. The molecule has 3 rings (SSSR count). The molecule has 0 saturated carbocycles. The van der Waals surface area contributed by atoms with Gasteiger partial charge in [0.1, 0.15) is 5.75 Å². The highest BCUT2D eigenvalue weighted by atomic mass is 79.9. The Balaban J connectivity index is 1.46. The molecule has 0 fully saturated rings. The van der Waals surface area contributed by atoms with Crippen LogP contribution in [0.15, 0.2) is 57.3 Å². The lowest BCUT2D eigenvalue weighted by Gasteiger charge is -2.05. The third-order valence-corrected chi connectivity index (χ3v) is 5.48. The number of rotatable bonds is 7. The molecular formula is C17H16BrN3OS2. The largest absolute Gasteiger partial charge is 0.493 e. The number of anilines is 2. The number of halogens is 1. The molecule has 0 spiro atoms. The van der Waals surface area contributed by atoms with E-state index in [9.17, 15) is 0 Å². The Hall–Kier alpha value is -1.57. The molecule has 7 heteroatoms. The topological polar surface area (TPSA) is 47.0 Å². The van der Waals surface area contributed by atoms with Crippen LogP contribution in [-0.4, -0.2) is 22.6 Å². The first-order valence-electron chi connectivity index (χ1n) is 7.37. The fourth-order valence-electron chi connectivity index (χ4n) is 2.01. The number of hydrogen-bond donors (Lipinski definition) is 1. The van der Waals surface area contributed by atoms with Crippen molar-refractivity contribution in [1.29, 1.82) is 0 Å². The number of aromatic nitrogens is 2. The van der Waals surface area contributed by atoms with Crippen molar-refractivity contribution in [1.82, 2.24) is 10.2 Å². The van der Waals surface area contributed by atoms with Gasteiger partial charge in [-0.3, -0.25) is 0 Å². The molecule has 3 aromatic rings. The standard InChI is InChI=1S/C17H16BrN3OS2/c1-12-4-2-6-14(10-12)19-16-20-21-17(24-16)23-9-8-22-15-7-3-5-13(18)11-15/h2-7,10-11H,8-9H2,1H3,(H,19,20). The van der Waals surface area contributed by atoms with E-state index in [2.05, 4.69) is 50.5 Å². The van der Waals surface area contributed by atoms with Gasteiger partial charge in [0, 0.05) is 15.9 Å². The molecule has 0 aliphatic carbocycles. The smallest absolute Gasteiger partial charge is 0.210 e. The van der Waals surface area contributed by atoms with Crippen molar-refractivity contribution >= 4 is 49.8 Å². The Labute approximate surface area is 157 Å². The van der Waals surface area contributed by atoms with Gasteiger partial charge < -0.3 is 10.1 Å². The molecule has 0 unspecified atom stereocenters. The summed E-state index contributed by atoms with van der Waals surface area (Å²) < 4.78 is 7.66. The summed E-state index contributed by atoms with van der Waals surface area (Å²) in [5.74, 6) is 1.69. The lowest BCUT2D eigenvalue weighted by Crippen LogP contribution is -1.99. The lowest BCUT2D eigenvalue weighted by atomic mass is 10.2. The first-order valence-corrected chi connectivity index (χ1v) is 9.97. The number of nitrogens with one attached hydrogen (secondary N) is 1. The summed E-state index contributed by atoms with van der Waals surface area (Å²) in [4.78, 5) is 0. The Morgan fingerprint density at radius 1 is 1.17 bits per heavy atom. The highest BCUT2D eigenvalue weighted by Crippen LogP contribution is 2.28. The molecule has 0 aliphatic heterocycles. The van der Waals surface area contributed by atoms with Crippen LogP contribution in [0.1, 0.15) is 5.56 Å². The van der Waals surface area contributed by atoms with Crippen molar-refractivity contribution in [2.45, 2.75) is 11.3 Å². The van der Waals surface area contributed by atoms with Gasteiger partial charge >= 0.3 is 0 Å². The van der Waals surface area contributed by atoms with Crippen molar-refractivity contribution in [3.63, 3.8) is 0 Å². The monoisotopic (exact) mass is 421 g/mol. The third-order valence-electron chi connectivity index (χ3n) is 3.05. The molecule has 0 amide bonds. The number of nitrogens with zero attached hydrogens (tertiary/aromatic N) is 2. The van der Waals surface area contributed by atoms with Gasteiger partial charge in [-0.1, -0.05) is 57.2 Å². The second kappa shape index (κ2) is 8.50. The van der Waals surface area contributed by atoms with Crippen molar-refractivity contribution in [3.8, 4) is 5.75 Å². The van der Waals surface area contributed by atoms with Gasteiger partial charge in [0.15, 0.2) is 4.34 Å². The van der Waals surface area contributed by atoms with Crippen LogP contribution in [0, 0.1) is 6.92 Å². The van der Waals surface area contributed by atoms with E-state index in [1.165, 1.54) is 5.56 Å². The average Bonchev–Trinajstić information content (AvgIpc) is 2.99. The maximum absolute atomic E-state index is 5.71. The Morgan fingerprint density at radius 3 is 2.88 bits per heavy atom. The summed E-state index contributed by atoms with van der Waals surface area (Å²) in [6.07, 6.45) is 0. The van der Waals surface area contributed by atoms with Crippen LogP contribution in [0.3, 0.4) is 0 Å². The molecule has 0 aliphatic rings. The quantitative estimate of drug-likeness (QED) is 0.401. The number of hydrogen-bond acceptors (Lipinski definition) is 6. The predicted octanol–water partition coefficient (Wildman–Crippen LogP) is 5.52. The van der Waals surface area contributed by atoms with E-state index in [-0.39, 0.29) is 0 Å². The Bertz CT molecular complexity index is 810. The van der Waals surface area contributed by atoms with E-state index in [1.807, 2.05) is 36.4 Å². The van der Waals surface area contributed by atoms with Crippen molar-refractivity contribution in [2.24, 2.45) is 0 Å². The maximum Gasteiger partial charge on any atom is 0.210 e. The molecule has 24 heavy (non-hydrogen) atoms. The van der Waals surface area contributed by atoms with Crippen LogP contribution in [-0.2, 0) is 0 Å². The van der Waals surface area contributed by atoms with Crippen LogP contribution in [0.4, 0.5) is 10.8 Å². The van der Waals surface area contributed by atoms with E-state index in [4.69, 9.17) is 4.74 Å². The summed E-state index contributed by atoms with van der Waals surface area (Å²) in [5.41, 5.74) is 2.24. The molecule has 2 aromatic carbocycles. The second-order valence-corrected chi connectivity index (χ2v) is 8.26. The van der Waals surface area contributed by atoms with Crippen LogP contribution in [0.25, 0.3) is 0 Å². The van der Waals surface area contributed by atoms with E-state index >= 15 is 0 Å². The van der Waals surface area contributed by atoms with Crippen LogP contribution < -0.4 is 10.1 Å². The van der Waals surface area contributed by atoms with Crippen LogP contribution in [0.2, 0.25) is 0 Å². The zero-order valence-corrected chi connectivity index (χ0v) is 16.2. The molecule has 1 heterocycles.